The number of aromatic nitrogens is 1. The minimum atomic E-state index is 0.00292. The van der Waals surface area contributed by atoms with Gasteiger partial charge >= 0.3 is 0 Å². The van der Waals surface area contributed by atoms with Crippen molar-refractivity contribution in [1.82, 2.24) is 10.3 Å². The number of aryl methyl sites for hydroxylation is 1. The second-order valence-corrected chi connectivity index (χ2v) is 7.55. The third kappa shape index (κ3) is 3.58. The molecule has 0 radical (unpaired) electrons. The Hall–Kier alpha value is -1.50. The highest BCUT2D eigenvalue weighted by molar-refractivity contribution is 7.16. The van der Waals surface area contributed by atoms with E-state index < -0.39 is 0 Å². The largest absolute Gasteiger partial charge is 0.352 e. The normalized spacial score (nSPS) is 10.7. The van der Waals surface area contributed by atoms with Crippen LogP contribution in [0.4, 0.5) is 0 Å². The number of nitrogens with one attached hydrogen (secondary N) is 1. The molecule has 0 saturated heterocycles. The van der Waals surface area contributed by atoms with Crippen molar-refractivity contribution in [3.8, 4) is 10.6 Å². The zero-order chi connectivity index (χ0) is 14.7. The second kappa shape index (κ2) is 6.51. The lowest BCUT2D eigenvalue weighted by Gasteiger charge is -2.01. The molecule has 0 unspecified atom stereocenters. The molecule has 108 valence electrons. The van der Waals surface area contributed by atoms with Crippen molar-refractivity contribution < 1.29 is 4.79 Å². The minimum Gasteiger partial charge on any atom is -0.352 e. The van der Waals surface area contributed by atoms with E-state index in [1.54, 1.807) is 22.7 Å². The van der Waals surface area contributed by atoms with Crippen LogP contribution in [0.1, 0.15) is 20.2 Å². The van der Waals surface area contributed by atoms with Crippen molar-refractivity contribution >= 4 is 39.9 Å². The molecule has 1 N–H and O–H groups in total. The van der Waals surface area contributed by atoms with Crippen molar-refractivity contribution in [2.75, 3.05) is 6.54 Å². The first kappa shape index (κ1) is 14.4. The van der Waals surface area contributed by atoms with E-state index >= 15 is 0 Å². The Morgan fingerprint density at radius 2 is 2.19 bits per heavy atom. The smallest absolute Gasteiger partial charge is 0.252 e. The number of amides is 1. The summed E-state index contributed by atoms with van der Waals surface area (Å²) < 4.78 is 0. The first-order valence-electron chi connectivity index (χ1n) is 6.54. The molecule has 0 atom stereocenters. The van der Waals surface area contributed by atoms with Crippen LogP contribution >= 0.6 is 34.0 Å². The van der Waals surface area contributed by atoms with E-state index in [1.165, 1.54) is 21.1 Å². The van der Waals surface area contributed by atoms with Crippen LogP contribution in [-0.4, -0.2) is 17.4 Å². The first-order valence-corrected chi connectivity index (χ1v) is 9.18. The molecule has 1 amide bonds. The fraction of sp³-hybridized carbons (Fsp3) is 0.200. The van der Waals surface area contributed by atoms with Crippen LogP contribution < -0.4 is 5.32 Å². The number of carbonyl (C=O) groups excluding carboxylic acids is 1. The van der Waals surface area contributed by atoms with Gasteiger partial charge in [0.05, 0.1) is 15.6 Å². The van der Waals surface area contributed by atoms with Crippen LogP contribution in [0.2, 0.25) is 0 Å². The number of thiazole rings is 1. The van der Waals surface area contributed by atoms with Crippen LogP contribution in [0.25, 0.3) is 10.6 Å². The summed E-state index contributed by atoms with van der Waals surface area (Å²) in [6.07, 6.45) is 0.851. The number of thiophene rings is 2. The zero-order valence-electron chi connectivity index (χ0n) is 11.5. The monoisotopic (exact) mass is 334 g/mol. The van der Waals surface area contributed by atoms with Gasteiger partial charge in [-0.1, -0.05) is 0 Å². The Balaban J connectivity index is 1.54. The fourth-order valence-corrected chi connectivity index (χ4v) is 4.21. The molecule has 21 heavy (non-hydrogen) atoms. The summed E-state index contributed by atoms with van der Waals surface area (Å²) in [7, 11) is 0. The number of hydrogen-bond acceptors (Lipinski definition) is 5. The van der Waals surface area contributed by atoms with Gasteiger partial charge in [0.25, 0.3) is 5.91 Å². The van der Waals surface area contributed by atoms with Crippen LogP contribution in [0, 0.1) is 6.92 Å². The Morgan fingerprint density at radius 1 is 1.29 bits per heavy atom. The van der Waals surface area contributed by atoms with Gasteiger partial charge in [0, 0.05) is 27.7 Å². The third-order valence-electron chi connectivity index (χ3n) is 2.97. The quantitative estimate of drug-likeness (QED) is 0.759. The minimum absolute atomic E-state index is 0.00292. The highest BCUT2D eigenvalue weighted by Crippen LogP contribution is 2.29. The second-order valence-electron chi connectivity index (χ2n) is 4.54. The summed E-state index contributed by atoms with van der Waals surface area (Å²) >= 11 is 4.95. The van der Waals surface area contributed by atoms with Crippen molar-refractivity contribution in [3.05, 3.63) is 49.8 Å². The van der Waals surface area contributed by atoms with Crippen LogP contribution in [0.3, 0.4) is 0 Å². The molecule has 0 aliphatic rings. The standard InChI is InChI=1S/C15H14N2OS3/c1-10-17-13(9-20-10)14-3-2-12(21-14)4-6-16-15(18)11-5-7-19-8-11/h2-3,5,7-9H,4,6H2,1H3,(H,16,18). The maximum atomic E-state index is 11.8. The average molecular weight is 334 g/mol. The predicted octanol–water partition coefficient (Wildman–Crippen LogP) is 4.21. The molecular formula is C15H14N2OS3. The number of rotatable bonds is 5. The number of carbonyl (C=O) groups is 1. The van der Waals surface area contributed by atoms with Gasteiger partial charge < -0.3 is 5.32 Å². The van der Waals surface area contributed by atoms with E-state index in [0.29, 0.717) is 6.54 Å². The van der Waals surface area contributed by atoms with Gasteiger partial charge in [0.1, 0.15) is 0 Å². The predicted molar refractivity (Wildman–Crippen MR) is 90.5 cm³/mol. The molecule has 3 aromatic rings. The van der Waals surface area contributed by atoms with Crippen LogP contribution in [-0.2, 0) is 6.42 Å². The zero-order valence-corrected chi connectivity index (χ0v) is 13.9. The van der Waals surface area contributed by atoms with Gasteiger partial charge in [-0.05, 0) is 36.9 Å². The summed E-state index contributed by atoms with van der Waals surface area (Å²) in [6.45, 7) is 2.67. The van der Waals surface area contributed by atoms with E-state index in [1.807, 2.05) is 23.8 Å². The molecule has 0 aliphatic carbocycles. The highest BCUT2D eigenvalue weighted by atomic mass is 32.1. The van der Waals surface area contributed by atoms with Gasteiger partial charge in [-0.15, -0.1) is 22.7 Å². The van der Waals surface area contributed by atoms with E-state index in [4.69, 9.17) is 0 Å². The fourth-order valence-electron chi connectivity index (χ4n) is 1.92. The molecule has 0 bridgehead atoms. The SMILES string of the molecule is Cc1nc(-c2ccc(CCNC(=O)c3ccsc3)s2)cs1. The average Bonchev–Trinajstić information content (AvgIpc) is 3.19. The lowest BCUT2D eigenvalue weighted by Crippen LogP contribution is -2.24. The van der Waals surface area contributed by atoms with Crippen molar-refractivity contribution in [2.45, 2.75) is 13.3 Å². The Labute approximate surface area is 135 Å². The Morgan fingerprint density at radius 3 is 2.90 bits per heavy atom. The third-order valence-corrected chi connectivity index (χ3v) is 5.60. The summed E-state index contributed by atoms with van der Waals surface area (Å²) in [5, 5.41) is 9.90. The molecule has 3 nitrogen and oxygen atoms in total. The molecule has 3 aromatic heterocycles. The molecule has 3 rings (SSSR count). The van der Waals surface area contributed by atoms with Crippen molar-refractivity contribution in [2.24, 2.45) is 0 Å². The van der Waals surface area contributed by atoms with Gasteiger partial charge in [0.15, 0.2) is 0 Å². The molecule has 0 aliphatic heterocycles. The Bertz CT molecular complexity index is 728. The van der Waals surface area contributed by atoms with Gasteiger partial charge in [-0.3, -0.25) is 4.79 Å². The number of hydrogen-bond donors (Lipinski definition) is 1. The molecule has 0 spiro atoms. The van der Waals surface area contributed by atoms with E-state index in [2.05, 4.69) is 27.8 Å². The lowest BCUT2D eigenvalue weighted by molar-refractivity contribution is 0.0954. The van der Waals surface area contributed by atoms with Crippen LogP contribution in [0.5, 0.6) is 0 Å². The Kier molecular flexibility index (Phi) is 4.48. The summed E-state index contributed by atoms with van der Waals surface area (Å²) in [5.41, 5.74) is 1.79. The first-order chi connectivity index (χ1) is 10.2. The topological polar surface area (TPSA) is 42.0 Å². The molecular weight excluding hydrogens is 320 g/mol. The lowest BCUT2D eigenvalue weighted by atomic mass is 10.3. The summed E-state index contributed by atoms with van der Waals surface area (Å²) in [4.78, 5) is 18.8. The van der Waals surface area contributed by atoms with Crippen LogP contribution in [0.15, 0.2) is 34.3 Å². The highest BCUT2D eigenvalue weighted by Gasteiger charge is 2.08. The van der Waals surface area contributed by atoms with Gasteiger partial charge in [-0.25, -0.2) is 4.98 Å². The van der Waals surface area contributed by atoms with E-state index in [-0.39, 0.29) is 5.91 Å². The maximum absolute atomic E-state index is 11.8. The van der Waals surface area contributed by atoms with Crippen molar-refractivity contribution in [3.63, 3.8) is 0 Å². The molecule has 6 heteroatoms. The summed E-state index contributed by atoms with van der Waals surface area (Å²) in [5.74, 6) is 0.00292. The van der Waals surface area contributed by atoms with Crippen molar-refractivity contribution in [1.29, 1.82) is 0 Å². The maximum Gasteiger partial charge on any atom is 0.252 e. The molecule has 0 fully saturated rings. The van der Waals surface area contributed by atoms with E-state index in [0.717, 1.165) is 22.7 Å². The summed E-state index contributed by atoms with van der Waals surface area (Å²) in [6, 6.07) is 6.06. The van der Waals surface area contributed by atoms with E-state index in [9.17, 15) is 4.79 Å². The number of nitrogens with zero attached hydrogens (tertiary/aromatic N) is 1. The molecule has 0 aromatic carbocycles. The van der Waals surface area contributed by atoms with Gasteiger partial charge in [0.2, 0.25) is 0 Å². The molecule has 0 saturated carbocycles. The molecule has 3 heterocycles. The van der Waals surface area contributed by atoms with Gasteiger partial charge in [-0.2, -0.15) is 11.3 Å².